The minimum atomic E-state index is -3.19. The molecule has 0 fully saturated rings. The Bertz CT molecular complexity index is 483. The van der Waals surface area contributed by atoms with Gasteiger partial charge in [-0.1, -0.05) is 0 Å². The van der Waals surface area contributed by atoms with E-state index in [4.69, 9.17) is 10.2 Å². The molecule has 1 aliphatic heterocycles. The van der Waals surface area contributed by atoms with Gasteiger partial charge in [0.25, 0.3) is 0 Å². The fourth-order valence-corrected chi connectivity index (χ4v) is 1.02. The van der Waals surface area contributed by atoms with Crippen LogP contribution in [0.2, 0.25) is 0 Å². The van der Waals surface area contributed by atoms with Crippen LogP contribution in [0.1, 0.15) is 0 Å². The molecule has 1 heterocycles. The van der Waals surface area contributed by atoms with Crippen LogP contribution in [0, 0.1) is 0 Å². The van der Waals surface area contributed by atoms with Crippen molar-refractivity contribution in [2.45, 2.75) is 11.7 Å². The molecule has 0 radical (unpaired) electrons. The number of carboxylic acid groups (broad SMARTS) is 2. The molecular formula is C7H7N5O6. The summed E-state index contributed by atoms with van der Waals surface area (Å²) in [5.74, 6) is -3.97. The Hall–Kier alpha value is -2.53. The molecule has 0 amide bonds. The first-order chi connectivity index (χ1) is 8.40. The quantitative estimate of drug-likeness (QED) is 0.499. The van der Waals surface area contributed by atoms with Crippen molar-refractivity contribution < 1.29 is 30.0 Å². The van der Waals surface area contributed by atoms with Crippen LogP contribution >= 0.6 is 0 Å². The van der Waals surface area contributed by atoms with E-state index in [9.17, 15) is 19.8 Å². The number of carbonyl (C=O) groups is 2. The molecular weight excluding hydrogens is 250 g/mol. The van der Waals surface area contributed by atoms with Crippen LogP contribution < -0.4 is 0 Å². The smallest absolute Gasteiger partial charge is 0.345 e. The minimum Gasteiger partial charge on any atom is -0.479 e. The highest BCUT2D eigenvalue weighted by molar-refractivity contribution is 6.17. The van der Waals surface area contributed by atoms with Crippen LogP contribution in [-0.4, -0.2) is 49.8 Å². The maximum Gasteiger partial charge on any atom is 0.345 e. The summed E-state index contributed by atoms with van der Waals surface area (Å²) in [5.41, 5.74) is -3.94. The van der Waals surface area contributed by atoms with Gasteiger partial charge in [0.05, 0.1) is 6.20 Å². The molecule has 0 spiro atoms. The maximum atomic E-state index is 11.0. The Morgan fingerprint density at radius 2 is 1.89 bits per heavy atom. The monoisotopic (exact) mass is 257 g/mol. The molecule has 2 unspecified atom stereocenters. The van der Waals surface area contributed by atoms with E-state index in [1.807, 2.05) is 0 Å². The molecule has 0 saturated carbocycles. The second kappa shape index (κ2) is 5.20. The average Bonchev–Trinajstić information content (AvgIpc) is 2.26. The highest BCUT2D eigenvalue weighted by Crippen LogP contribution is 2.17. The molecule has 11 nitrogen and oxygen atoms in total. The summed E-state index contributed by atoms with van der Waals surface area (Å²) in [7, 11) is 0. The lowest BCUT2D eigenvalue weighted by Gasteiger charge is -2.25. The van der Waals surface area contributed by atoms with Gasteiger partial charge in [-0.05, 0) is 21.7 Å². The van der Waals surface area contributed by atoms with E-state index in [1.54, 1.807) is 0 Å². The molecule has 2 atom stereocenters. The van der Waals surface area contributed by atoms with Crippen LogP contribution in [0.15, 0.2) is 38.2 Å². The summed E-state index contributed by atoms with van der Waals surface area (Å²) in [4.78, 5) is 21.5. The van der Waals surface area contributed by atoms with Gasteiger partial charge in [-0.2, -0.15) is 0 Å². The fraction of sp³-hybridized carbons (Fsp3) is 0.286. The van der Waals surface area contributed by atoms with E-state index < -0.39 is 29.4 Å². The van der Waals surface area contributed by atoms with Crippen molar-refractivity contribution in [2.75, 3.05) is 0 Å². The van der Waals surface area contributed by atoms with Gasteiger partial charge in [0, 0.05) is 0 Å². The van der Waals surface area contributed by atoms with Crippen LogP contribution in [0.3, 0.4) is 0 Å². The third kappa shape index (κ3) is 2.41. The number of aliphatic carboxylic acids is 2. The second-order valence-electron chi connectivity index (χ2n) is 3.00. The Morgan fingerprint density at radius 3 is 2.44 bits per heavy atom. The first-order valence-corrected chi connectivity index (χ1v) is 4.32. The van der Waals surface area contributed by atoms with Crippen molar-refractivity contribution in [3.63, 3.8) is 0 Å². The van der Waals surface area contributed by atoms with Crippen molar-refractivity contribution in [1.82, 2.24) is 0 Å². The largest absolute Gasteiger partial charge is 0.479 e. The van der Waals surface area contributed by atoms with Crippen LogP contribution in [-0.2, 0) is 9.59 Å². The van der Waals surface area contributed by atoms with E-state index in [2.05, 4.69) is 25.9 Å². The third-order valence-corrected chi connectivity index (χ3v) is 1.93. The van der Waals surface area contributed by atoms with Crippen molar-refractivity contribution in [1.29, 1.82) is 0 Å². The summed E-state index contributed by atoms with van der Waals surface area (Å²) in [6, 6.07) is 0. The predicted octanol–water partition coefficient (Wildman–Crippen LogP) is -1.05. The Labute approximate surface area is 98.5 Å². The maximum absolute atomic E-state index is 11.0. The van der Waals surface area contributed by atoms with E-state index >= 15 is 0 Å². The topological polar surface area (TPSA) is 177 Å². The zero-order valence-electron chi connectivity index (χ0n) is 8.57. The fourth-order valence-electron chi connectivity index (χ4n) is 1.02. The molecule has 0 aromatic heterocycles. The molecule has 18 heavy (non-hydrogen) atoms. The highest BCUT2D eigenvalue weighted by Gasteiger charge is 2.52. The van der Waals surface area contributed by atoms with Crippen LogP contribution in [0.5, 0.6) is 0 Å². The first kappa shape index (κ1) is 13.5. The molecule has 1 rings (SSSR count). The zero-order chi connectivity index (χ0) is 13.8. The standard InChI is InChI=1S/C7H7N5O6/c13-4(5(14)15)7(18,6(16)17)3-1-2-8-10-12-11-9-3/h1-2,4,13,18H,(H,14,15)(H,16,17)/b2-1-,3-1?,8-2?,9-3+,10-8-,11-9?,12-10?,12-11-. The van der Waals surface area contributed by atoms with Crippen LogP contribution in [0.25, 0.3) is 0 Å². The van der Waals surface area contributed by atoms with Crippen molar-refractivity contribution in [3.8, 4) is 0 Å². The van der Waals surface area contributed by atoms with E-state index in [0.29, 0.717) is 0 Å². The normalized spacial score (nSPS) is 27.6. The van der Waals surface area contributed by atoms with Gasteiger partial charge in [-0.15, -0.1) is 10.2 Å². The van der Waals surface area contributed by atoms with Crippen molar-refractivity contribution >= 4 is 17.7 Å². The van der Waals surface area contributed by atoms with Gasteiger partial charge in [-0.25, -0.2) is 9.59 Å². The number of aliphatic hydroxyl groups excluding tert-OH is 1. The van der Waals surface area contributed by atoms with E-state index in [1.165, 1.54) is 0 Å². The molecule has 0 saturated heterocycles. The third-order valence-electron chi connectivity index (χ3n) is 1.93. The molecule has 1 aliphatic rings. The molecule has 0 aromatic rings. The lowest BCUT2D eigenvalue weighted by molar-refractivity contribution is -0.172. The lowest BCUT2D eigenvalue weighted by atomic mass is 9.90. The van der Waals surface area contributed by atoms with Crippen LogP contribution in [0.4, 0.5) is 0 Å². The minimum absolute atomic E-state index is 0.757. The van der Waals surface area contributed by atoms with Gasteiger partial charge in [0.1, 0.15) is 5.71 Å². The summed E-state index contributed by atoms with van der Waals surface area (Å²) >= 11 is 0. The molecule has 96 valence electrons. The van der Waals surface area contributed by atoms with Crippen molar-refractivity contribution in [3.05, 3.63) is 12.3 Å². The molecule has 4 N–H and O–H groups in total. The summed E-state index contributed by atoms with van der Waals surface area (Å²) < 4.78 is 0. The average molecular weight is 257 g/mol. The summed E-state index contributed by atoms with van der Waals surface area (Å²) in [5, 5.41) is 51.9. The summed E-state index contributed by atoms with van der Waals surface area (Å²) in [6.07, 6.45) is -0.911. The van der Waals surface area contributed by atoms with E-state index in [0.717, 1.165) is 12.3 Å². The number of hydrogen-bond acceptors (Lipinski definition) is 9. The Balaban J connectivity index is 3.28. The highest BCUT2D eigenvalue weighted by atomic mass is 16.4. The van der Waals surface area contributed by atoms with Gasteiger partial charge in [-0.3, -0.25) is 0 Å². The second-order valence-corrected chi connectivity index (χ2v) is 3.00. The lowest BCUT2D eigenvalue weighted by Crippen LogP contribution is -2.58. The van der Waals surface area contributed by atoms with Gasteiger partial charge < -0.3 is 20.4 Å². The number of rotatable bonds is 4. The molecule has 0 aliphatic carbocycles. The molecule has 0 bridgehead atoms. The summed E-state index contributed by atoms with van der Waals surface area (Å²) in [6.45, 7) is 0. The van der Waals surface area contributed by atoms with Gasteiger partial charge in [0.2, 0.25) is 5.60 Å². The number of carboxylic acids is 2. The Kier molecular flexibility index (Phi) is 3.91. The number of hydrogen-bond donors (Lipinski definition) is 4. The SMILES string of the molecule is O=C(O)C(O)C(O)(C(=O)O)C1=N/N=N\N=N/C=C\1. The van der Waals surface area contributed by atoms with Gasteiger partial charge >= 0.3 is 11.9 Å². The number of nitrogens with zero attached hydrogens (tertiary/aromatic N) is 5. The van der Waals surface area contributed by atoms with Gasteiger partial charge in [0.15, 0.2) is 6.10 Å². The van der Waals surface area contributed by atoms with E-state index in [-0.39, 0.29) is 0 Å². The Morgan fingerprint density at radius 1 is 1.22 bits per heavy atom. The predicted molar refractivity (Wildman–Crippen MR) is 52.5 cm³/mol. The molecule has 0 aromatic carbocycles. The number of aliphatic hydroxyl groups is 2. The zero-order valence-corrected chi connectivity index (χ0v) is 8.57. The van der Waals surface area contributed by atoms with Crippen molar-refractivity contribution in [2.24, 2.45) is 25.9 Å². The first-order valence-electron chi connectivity index (χ1n) is 4.32. The molecule has 11 heteroatoms.